The van der Waals surface area contributed by atoms with Gasteiger partial charge in [-0.05, 0) is 39.2 Å². The third kappa shape index (κ3) is 3.57. The minimum atomic E-state index is 0.371. The molecular weight excluding hydrogens is 206 g/mol. The Morgan fingerprint density at radius 2 is 1.59 bits per heavy atom. The Balaban J connectivity index is 1.96. The Labute approximate surface area is 106 Å². The van der Waals surface area contributed by atoms with Crippen molar-refractivity contribution in [2.75, 3.05) is 0 Å². The molecule has 1 aliphatic rings. The molecule has 1 N–H and O–H groups in total. The van der Waals surface area contributed by atoms with Crippen molar-refractivity contribution in [3.8, 4) is 0 Å². The summed E-state index contributed by atoms with van der Waals surface area (Å²) < 4.78 is 0. The summed E-state index contributed by atoms with van der Waals surface area (Å²) in [6.45, 7) is 7.76. The van der Waals surface area contributed by atoms with Crippen LogP contribution in [0.25, 0.3) is 0 Å². The van der Waals surface area contributed by atoms with Crippen LogP contribution in [0.2, 0.25) is 0 Å². The van der Waals surface area contributed by atoms with Crippen LogP contribution in [0.15, 0.2) is 18.2 Å². The third-order valence-corrected chi connectivity index (χ3v) is 3.96. The van der Waals surface area contributed by atoms with E-state index >= 15 is 0 Å². The van der Waals surface area contributed by atoms with Crippen molar-refractivity contribution in [2.24, 2.45) is 0 Å². The Morgan fingerprint density at radius 3 is 2.18 bits per heavy atom. The monoisotopic (exact) mass is 231 g/mol. The molecule has 0 heterocycles. The first-order chi connectivity index (χ1) is 8.07. The van der Waals surface area contributed by atoms with E-state index in [-0.39, 0.29) is 0 Å². The van der Waals surface area contributed by atoms with Gasteiger partial charge in [-0.3, -0.25) is 0 Å². The molecule has 1 heteroatoms. The Hall–Kier alpha value is -0.820. The van der Waals surface area contributed by atoms with E-state index in [1.54, 1.807) is 0 Å². The van der Waals surface area contributed by atoms with E-state index < -0.39 is 0 Å². The molecule has 17 heavy (non-hydrogen) atoms. The molecule has 0 atom stereocenters. The van der Waals surface area contributed by atoms with Crippen molar-refractivity contribution in [1.82, 2.24) is 5.32 Å². The maximum atomic E-state index is 3.77. The topological polar surface area (TPSA) is 12.0 Å². The van der Waals surface area contributed by atoms with Crippen molar-refractivity contribution in [3.63, 3.8) is 0 Å². The van der Waals surface area contributed by atoms with Gasteiger partial charge in [-0.15, -0.1) is 0 Å². The molecule has 94 valence electrons. The fraction of sp³-hybridized carbons (Fsp3) is 0.625. The Kier molecular flexibility index (Phi) is 3.88. The maximum Gasteiger partial charge on any atom is 0.0210 e. The second kappa shape index (κ2) is 5.22. The zero-order valence-corrected chi connectivity index (χ0v) is 11.5. The van der Waals surface area contributed by atoms with Crippen LogP contribution in [0.5, 0.6) is 0 Å². The van der Waals surface area contributed by atoms with Gasteiger partial charge in [0.25, 0.3) is 0 Å². The van der Waals surface area contributed by atoms with Crippen LogP contribution in [0, 0.1) is 13.8 Å². The minimum Gasteiger partial charge on any atom is -0.307 e. The number of rotatable bonds is 3. The molecule has 1 nitrogen and oxygen atoms in total. The summed E-state index contributed by atoms with van der Waals surface area (Å²) in [5.74, 6) is 0. The highest BCUT2D eigenvalue weighted by atomic mass is 15.0. The fourth-order valence-electron chi connectivity index (χ4n) is 3.00. The van der Waals surface area contributed by atoms with Crippen molar-refractivity contribution in [1.29, 1.82) is 0 Å². The normalized spacial score (nSPS) is 19.2. The van der Waals surface area contributed by atoms with E-state index in [2.05, 4.69) is 44.3 Å². The Bertz CT molecular complexity index is 355. The second-order valence-corrected chi connectivity index (χ2v) is 5.97. The first-order valence-corrected chi connectivity index (χ1v) is 6.90. The molecule has 2 rings (SSSR count). The number of hydrogen-bond donors (Lipinski definition) is 1. The molecule has 0 saturated heterocycles. The van der Waals surface area contributed by atoms with E-state index in [0.29, 0.717) is 5.54 Å². The summed E-state index contributed by atoms with van der Waals surface area (Å²) in [6, 6.07) is 6.84. The minimum absolute atomic E-state index is 0.371. The fourth-order valence-corrected chi connectivity index (χ4v) is 3.00. The van der Waals surface area contributed by atoms with Crippen molar-refractivity contribution in [3.05, 3.63) is 34.9 Å². The largest absolute Gasteiger partial charge is 0.307 e. The molecule has 0 amide bonds. The van der Waals surface area contributed by atoms with Crippen LogP contribution >= 0.6 is 0 Å². The van der Waals surface area contributed by atoms with E-state index in [1.807, 2.05) is 0 Å². The summed E-state index contributed by atoms with van der Waals surface area (Å²) in [6.07, 6.45) is 6.85. The molecule has 1 aromatic carbocycles. The van der Waals surface area contributed by atoms with E-state index in [0.717, 1.165) is 6.54 Å². The second-order valence-electron chi connectivity index (χ2n) is 5.97. The molecule has 1 aromatic rings. The van der Waals surface area contributed by atoms with Gasteiger partial charge in [-0.1, -0.05) is 48.6 Å². The van der Waals surface area contributed by atoms with Gasteiger partial charge in [0, 0.05) is 12.1 Å². The molecule has 1 fully saturated rings. The zero-order chi connectivity index (χ0) is 12.3. The van der Waals surface area contributed by atoms with Crippen molar-refractivity contribution >= 4 is 0 Å². The van der Waals surface area contributed by atoms with Crippen molar-refractivity contribution < 1.29 is 0 Å². The van der Waals surface area contributed by atoms with Gasteiger partial charge in [-0.25, -0.2) is 0 Å². The van der Waals surface area contributed by atoms with Crippen LogP contribution in [0.3, 0.4) is 0 Å². The number of benzene rings is 1. The summed E-state index contributed by atoms with van der Waals surface area (Å²) >= 11 is 0. The van der Waals surface area contributed by atoms with Crippen LogP contribution in [0.4, 0.5) is 0 Å². The van der Waals surface area contributed by atoms with Gasteiger partial charge < -0.3 is 5.32 Å². The molecule has 0 unspecified atom stereocenters. The highest BCUT2D eigenvalue weighted by molar-refractivity contribution is 5.28. The molecular formula is C16H25N. The molecule has 0 radical (unpaired) electrons. The van der Waals surface area contributed by atoms with E-state index in [4.69, 9.17) is 0 Å². The van der Waals surface area contributed by atoms with Crippen LogP contribution in [-0.2, 0) is 6.54 Å². The predicted molar refractivity (Wildman–Crippen MR) is 74.2 cm³/mol. The smallest absolute Gasteiger partial charge is 0.0210 e. The molecule has 0 aliphatic heterocycles. The first kappa shape index (κ1) is 12.6. The van der Waals surface area contributed by atoms with E-state index in [9.17, 15) is 0 Å². The first-order valence-electron chi connectivity index (χ1n) is 6.90. The zero-order valence-electron chi connectivity index (χ0n) is 11.5. The summed E-state index contributed by atoms with van der Waals surface area (Å²) in [7, 11) is 0. The lowest BCUT2D eigenvalue weighted by Gasteiger charge is -2.35. The van der Waals surface area contributed by atoms with Gasteiger partial charge in [0.1, 0.15) is 0 Å². The van der Waals surface area contributed by atoms with Gasteiger partial charge in [0.2, 0.25) is 0 Å². The van der Waals surface area contributed by atoms with Gasteiger partial charge >= 0.3 is 0 Å². The lowest BCUT2D eigenvalue weighted by Crippen LogP contribution is -2.43. The average molecular weight is 231 g/mol. The predicted octanol–water partition coefficient (Wildman–Crippen LogP) is 4.12. The summed E-state index contributed by atoms with van der Waals surface area (Å²) in [4.78, 5) is 0. The molecule has 0 spiro atoms. The van der Waals surface area contributed by atoms with Crippen LogP contribution in [-0.4, -0.2) is 5.54 Å². The number of hydrogen-bond acceptors (Lipinski definition) is 1. The summed E-state index contributed by atoms with van der Waals surface area (Å²) in [5, 5.41) is 3.77. The van der Waals surface area contributed by atoms with Gasteiger partial charge in [0.05, 0.1) is 0 Å². The highest BCUT2D eigenvalue weighted by Gasteiger charge is 2.25. The Morgan fingerprint density at radius 1 is 1.00 bits per heavy atom. The maximum absolute atomic E-state index is 3.77. The molecule has 1 saturated carbocycles. The van der Waals surface area contributed by atoms with Crippen molar-refractivity contribution in [2.45, 2.75) is 65.0 Å². The summed E-state index contributed by atoms with van der Waals surface area (Å²) in [5.41, 5.74) is 4.54. The quantitative estimate of drug-likeness (QED) is 0.825. The molecule has 1 aliphatic carbocycles. The third-order valence-electron chi connectivity index (χ3n) is 3.96. The van der Waals surface area contributed by atoms with Gasteiger partial charge in [0.15, 0.2) is 0 Å². The van der Waals surface area contributed by atoms with E-state index in [1.165, 1.54) is 48.8 Å². The van der Waals surface area contributed by atoms with Gasteiger partial charge in [-0.2, -0.15) is 0 Å². The molecule has 0 bridgehead atoms. The SMILES string of the molecule is Cc1cc(C)cc(CNC2(C)CCCCC2)c1. The molecule has 0 aromatic heterocycles. The lowest BCUT2D eigenvalue weighted by atomic mass is 9.83. The lowest BCUT2D eigenvalue weighted by molar-refractivity contribution is 0.252. The average Bonchev–Trinajstić information content (AvgIpc) is 2.26. The highest BCUT2D eigenvalue weighted by Crippen LogP contribution is 2.27. The van der Waals surface area contributed by atoms with Crippen LogP contribution in [0.1, 0.15) is 55.7 Å². The standard InChI is InChI=1S/C16H25N/c1-13-9-14(2)11-15(10-13)12-17-16(3)7-5-4-6-8-16/h9-11,17H,4-8,12H2,1-3H3. The van der Waals surface area contributed by atoms with Crippen LogP contribution < -0.4 is 5.32 Å². The number of nitrogens with one attached hydrogen (secondary N) is 1. The number of aryl methyl sites for hydroxylation is 2.